The molecule has 1 aromatic heterocycles. The van der Waals surface area contributed by atoms with E-state index in [1.165, 1.54) is 0 Å². The number of rotatable bonds is 5. The Morgan fingerprint density at radius 3 is 2.65 bits per heavy atom. The molecule has 0 amide bonds. The molecule has 0 aliphatic rings. The fraction of sp³-hybridized carbons (Fsp3) is 0.133. The maximum atomic E-state index is 8.69. The van der Waals surface area contributed by atoms with Gasteiger partial charge in [0.2, 0.25) is 0 Å². The summed E-state index contributed by atoms with van der Waals surface area (Å²) in [6, 6.07) is 15.4. The van der Waals surface area contributed by atoms with Crippen LogP contribution < -0.4 is 10.1 Å². The Hall–Kier alpha value is -2.53. The second-order valence-electron chi connectivity index (χ2n) is 4.21. The van der Waals surface area contributed by atoms with E-state index < -0.39 is 0 Å². The summed E-state index contributed by atoms with van der Waals surface area (Å²) in [7, 11) is 0. The predicted molar refractivity (Wildman–Crippen MR) is 76.3 cm³/mol. The molecule has 102 valence electrons. The number of aliphatic hydroxyl groups excluding tert-OH is 1. The van der Waals surface area contributed by atoms with Crippen LogP contribution in [0.5, 0.6) is 5.75 Å². The molecule has 0 fully saturated rings. The molecule has 20 heavy (non-hydrogen) atoms. The van der Waals surface area contributed by atoms with Gasteiger partial charge in [-0.3, -0.25) is 0 Å². The zero-order valence-corrected chi connectivity index (χ0v) is 10.7. The maximum Gasteiger partial charge on any atom is 0.300 e. The number of nitrogens with zero attached hydrogens (tertiary/aromatic N) is 1. The van der Waals surface area contributed by atoms with Crippen molar-refractivity contribution in [2.75, 3.05) is 18.5 Å². The molecule has 0 atom stereocenters. The number of anilines is 2. The molecule has 0 spiro atoms. The molecule has 5 heteroatoms. The molecule has 2 N–H and O–H groups in total. The molecular weight excluding hydrogens is 256 g/mol. The predicted octanol–water partition coefficient (Wildman–Crippen LogP) is 2.94. The average Bonchev–Trinajstić information content (AvgIpc) is 2.89. The first-order valence-corrected chi connectivity index (χ1v) is 6.31. The van der Waals surface area contributed by atoms with Crippen LogP contribution in [0.1, 0.15) is 0 Å². The lowest BCUT2D eigenvalue weighted by Gasteiger charge is -2.05. The van der Waals surface area contributed by atoms with Gasteiger partial charge < -0.3 is 19.6 Å². The Bertz CT molecular complexity index is 659. The first kappa shape index (κ1) is 12.5. The highest BCUT2D eigenvalue weighted by molar-refractivity contribution is 5.75. The Morgan fingerprint density at radius 2 is 1.90 bits per heavy atom. The summed E-state index contributed by atoms with van der Waals surface area (Å²) in [6.45, 7) is 0.292. The largest absolute Gasteiger partial charge is 0.491 e. The molecule has 0 aliphatic carbocycles. The normalized spacial score (nSPS) is 10.7. The lowest BCUT2D eigenvalue weighted by atomic mass is 10.3. The highest BCUT2D eigenvalue weighted by Crippen LogP contribution is 2.23. The number of fused-ring (bicyclic) bond motifs is 1. The number of oxazole rings is 1. The molecule has 0 radical (unpaired) electrons. The molecule has 2 aromatic carbocycles. The molecular formula is C15H14N2O3. The number of nitrogens with one attached hydrogen (secondary N) is 1. The minimum absolute atomic E-state index is 0.00288. The van der Waals surface area contributed by atoms with Gasteiger partial charge in [-0.1, -0.05) is 12.1 Å². The van der Waals surface area contributed by atoms with Gasteiger partial charge in [-0.25, -0.2) is 0 Å². The van der Waals surface area contributed by atoms with E-state index in [1.54, 1.807) is 0 Å². The Balaban J connectivity index is 1.73. The van der Waals surface area contributed by atoms with Crippen molar-refractivity contribution in [1.29, 1.82) is 0 Å². The summed E-state index contributed by atoms with van der Waals surface area (Å²) >= 11 is 0. The number of benzene rings is 2. The Morgan fingerprint density at radius 1 is 1.10 bits per heavy atom. The van der Waals surface area contributed by atoms with E-state index in [9.17, 15) is 0 Å². The number of aromatic nitrogens is 1. The molecule has 1 heterocycles. The van der Waals surface area contributed by atoms with Crippen molar-refractivity contribution in [2.24, 2.45) is 0 Å². The molecule has 3 aromatic rings. The standard InChI is InChI=1S/C15H14N2O3/c18-9-10-19-12-7-5-11(6-8-12)16-15-17-13-3-1-2-4-14(13)20-15/h1-8,18H,9-10H2,(H,16,17). The van der Waals surface area contributed by atoms with Crippen molar-refractivity contribution in [2.45, 2.75) is 0 Å². The van der Waals surface area contributed by atoms with E-state index in [2.05, 4.69) is 10.3 Å². The number of ether oxygens (including phenoxy) is 1. The van der Waals surface area contributed by atoms with E-state index in [1.807, 2.05) is 48.5 Å². The maximum absolute atomic E-state index is 8.69. The van der Waals surface area contributed by atoms with E-state index >= 15 is 0 Å². The summed E-state index contributed by atoms with van der Waals surface area (Å²) in [6.07, 6.45) is 0. The molecule has 0 aliphatic heterocycles. The lowest BCUT2D eigenvalue weighted by molar-refractivity contribution is 0.201. The zero-order chi connectivity index (χ0) is 13.8. The van der Waals surface area contributed by atoms with Crippen molar-refractivity contribution >= 4 is 22.8 Å². The number of aliphatic hydroxyl groups is 1. The highest BCUT2D eigenvalue weighted by Gasteiger charge is 2.05. The second-order valence-corrected chi connectivity index (χ2v) is 4.21. The molecule has 0 saturated carbocycles. The Labute approximate surface area is 115 Å². The Kier molecular flexibility index (Phi) is 3.52. The summed E-state index contributed by atoms with van der Waals surface area (Å²) in [5.74, 6) is 0.710. The van der Waals surface area contributed by atoms with Crippen LogP contribution in [0.4, 0.5) is 11.7 Å². The van der Waals surface area contributed by atoms with Gasteiger partial charge in [0.1, 0.15) is 17.9 Å². The fourth-order valence-corrected chi connectivity index (χ4v) is 1.85. The van der Waals surface area contributed by atoms with E-state index in [4.69, 9.17) is 14.3 Å². The summed E-state index contributed by atoms with van der Waals surface area (Å²) in [5, 5.41) is 11.8. The van der Waals surface area contributed by atoms with Crippen molar-refractivity contribution in [3.8, 4) is 5.75 Å². The van der Waals surface area contributed by atoms with Crippen LogP contribution in [0.2, 0.25) is 0 Å². The van der Waals surface area contributed by atoms with Crippen LogP contribution in [0.15, 0.2) is 52.9 Å². The van der Waals surface area contributed by atoms with Gasteiger partial charge in [-0.05, 0) is 36.4 Å². The van der Waals surface area contributed by atoms with Crippen LogP contribution in [0, 0.1) is 0 Å². The number of hydrogen-bond acceptors (Lipinski definition) is 5. The van der Waals surface area contributed by atoms with Gasteiger partial charge in [-0.15, -0.1) is 0 Å². The quantitative estimate of drug-likeness (QED) is 0.746. The third kappa shape index (κ3) is 2.73. The van der Waals surface area contributed by atoms with E-state index in [-0.39, 0.29) is 13.2 Å². The smallest absolute Gasteiger partial charge is 0.300 e. The topological polar surface area (TPSA) is 67.5 Å². The van der Waals surface area contributed by atoms with Crippen molar-refractivity contribution in [1.82, 2.24) is 4.98 Å². The van der Waals surface area contributed by atoms with Gasteiger partial charge in [0.05, 0.1) is 6.61 Å². The first-order chi connectivity index (χ1) is 9.85. The molecule has 3 rings (SSSR count). The molecule has 5 nitrogen and oxygen atoms in total. The second kappa shape index (κ2) is 5.63. The average molecular weight is 270 g/mol. The van der Waals surface area contributed by atoms with Crippen LogP contribution in [-0.2, 0) is 0 Å². The number of para-hydroxylation sites is 2. The molecule has 0 saturated heterocycles. The lowest BCUT2D eigenvalue weighted by Crippen LogP contribution is -2.01. The van der Waals surface area contributed by atoms with Gasteiger partial charge in [-0.2, -0.15) is 4.98 Å². The van der Waals surface area contributed by atoms with Crippen LogP contribution in [0.25, 0.3) is 11.1 Å². The SMILES string of the molecule is OCCOc1ccc(Nc2nc3ccccc3o2)cc1. The summed E-state index contributed by atoms with van der Waals surface area (Å²) < 4.78 is 10.9. The van der Waals surface area contributed by atoms with E-state index in [0.29, 0.717) is 11.8 Å². The van der Waals surface area contributed by atoms with Gasteiger partial charge in [0.25, 0.3) is 6.01 Å². The van der Waals surface area contributed by atoms with Gasteiger partial charge in [0, 0.05) is 5.69 Å². The van der Waals surface area contributed by atoms with Crippen molar-refractivity contribution < 1.29 is 14.3 Å². The molecule has 0 unspecified atom stereocenters. The zero-order valence-electron chi connectivity index (χ0n) is 10.7. The van der Waals surface area contributed by atoms with Crippen LogP contribution in [0.3, 0.4) is 0 Å². The van der Waals surface area contributed by atoms with Crippen LogP contribution in [-0.4, -0.2) is 23.3 Å². The molecule has 0 bridgehead atoms. The summed E-state index contributed by atoms with van der Waals surface area (Å²) in [4.78, 5) is 4.34. The monoisotopic (exact) mass is 270 g/mol. The number of hydrogen-bond donors (Lipinski definition) is 2. The van der Waals surface area contributed by atoms with Gasteiger partial charge in [0.15, 0.2) is 5.58 Å². The van der Waals surface area contributed by atoms with Crippen molar-refractivity contribution in [3.63, 3.8) is 0 Å². The van der Waals surface area contributed by atoms with E-state index in [0.717, 1.165) is 16.8 Å². The summed E-state index contributed by atoms with van der Waals surface area (Å²) in [5.41, 5.74) is 2.42. The highest BCUT2D eigenvalue weighted by atomic mass is 16.5. The fourth-order valence-electron chi connectivity index (χ4n) is 1.85. The van der Waals surface area contributed by atoms with Gasteiger partial charge >= 0.3 is 0 Å². The third-order valence-corrected chi connectivity index (χ3v) is 2.76. The third-order valence-electron chi connectivity index (χ3n) is 2.76. The first-order valence-electron chi connectivity index (χ1n) is 6.31. The van der Waals surface area contributed by atoms with Crippen LogP contribution >= 0.6 is 0 Å². The van der Waals surface area contributed by atoms with Crippen molar-refractivity contribution in [3.05, 3.63) is 48.5 Å². The minimum atomic E-state index is 0.00288. The minimum Gasteiger partial charge on any atom is -0.491 e.